The van der Waals surface area contributed by atoms with Gasteiger partial charge in [0.2, 0.25) is 5.91 Å². The van der Waals surface area contributed by atoms with E-state index in [-0.39, 0.29) is 11.9 Å². The molecular weight excluding hydrogens is 427 g/mol. The molecule has 0 spiro atoms. The number of halogens is 2. The van der Waals surface area contributed by atoms with Crippen molar-refractivity contribution >= 4 is 35.2 Å². The summed E-state index contributed by atoms with van der Waals surface area (Å²) in [5, 5.41) is 0.991. The lowest BCUT2D eigenvalue weighted by atomic mass is 9.96. The van der Waals surface area contributed by atoms with Crippen molar-refractivity contribution in [3.05, 3.63) is 112 Å². The second-order valence-corrected chi connectivity index (χ2v) is 8.41. The first-order chi connectivity index (χ1) is 15.1. The highest BCUT2D eigenvalue weighted by Crippen LogP contribution is 2.29. The number of rotatable bonds is 5. The van der Waals surface area contributed by atoms with Gasteiger partial charge < -0.3 is 4.90 Å². The Morgan fingerprint density at radius 2 is 1.35 bits per heavy atom. The molecule has 1 amide bonds. The van der Waals surface area contributed by atoms with Crippen LogP contribution in [0, 0.1) is 0 Å². The van der Waals surface area contributed by atoms with Crippen molar-refractivity contribution in [3.8, 4) is 0 Å². The zero-order valence-electron chi connectivity index (χ0n) is 17.1. The molecule has 0 unspecified atom stereocenters. The average Bonchev–Trinajstić information content (AvgIpc) is 2.82. The molecule has 4 rings (SSSR count). The first-order valence-corrected chi connectivity index (χ1v) is 11.1. The largest absolute Gasteiger partial charge is 0.337 e. The van der Waals surface area contributed by atoms with Gasteiger partial charge in [-0.15, -0.1) is 0 Å². The van der Waals surface area contributed by atoms with Gasteiger partial charge in [0.25, 0.3) is 0 Å². The summed E-state index contributed by atoms with van der Waals surface area (Å²) in [5.74, 6) is 0.0155. The second-order valence-electron chi connectivity index (χ2n) is 7.59. The maximum Gasteiger partial charge on any atom is 0.246 e. The Balaban J connectivity index is 1.43. The van der Waals surface area contributed by atoms with E-state index in [1.54, 1.807) is 24.3 Å². The quantitative estimate of drug-likeness (QED) is 0.449. The van der Waals surface area contributed by atoms with Crippen LogP contribution in [-0.2, 0) is 4.79 Å². The third kappa shape index (κ3) is 5.37. The second kappa shape index (κ2) is 10.1. The molecule has 0 saturated carbocycles. The fraction of sp³-hybridized carbons (Fsp3) is 0.192. The van der Waals surface area contributed by atoms with E-state index in [1.807, 2.05) is 23.1 Å². The molecule has 1 heterocycles. The molecule has 5 heteroatoms. The van der Waals surface area contributed by atoms with Crippen molar-refractivity contribution in [1.82, 2.24) is 9.80 Å². The first kappa shape index (κ1) is 21.6. The van der Waals surface area contributed by atoms with Crippen LogP contribution in [0.15, 0.2) is 84.9 Å². The Kier molecular flexibility index (Phi) is 7.08. The van der Waals surface area contributed by atoms with Gasteiger partial charge in [0.05, 0.1) is 16.1 Å². The van der Waals surface area contributed by atoms with Gasteiger partial charge in [-0.1, -0.05) is 89.9 Å². The van der Waals surface area contributed by atoms with Gasteiger partial charge in [-0.3, -0.25) is 9.69 Å². The summed E-state index contributed by atoms with van der Waals surface area (Å²) in [4.78, 5) is 17.1. The number of piperazine rings is 1. The van der Waals surface area contributed by atoms with E-state index in [1.165, 1.54) is 11.1 Å². The van der Waals surface area contributed by atoms with Crippen LogP contribution in [0.25, 0.3) is 6.08 Å². The van der Waals surface area contributed by atoms with Gasteiger partial charge in [-0.2, -0.15) is 0 Å². The minimum absolute atomic E-state index is 0.0155. The molecule has 31 heavy (non-hydrogen) atoms. The fourth-order valence-corrected chi connectivity index (χ4v) is 4.28. The molecule has 1 fully saturated rings. The number of nitrogens with zero attached hydrogens (tertiary/aromatic N) is 2. The molecular formula is C26H24Cl2N2O. The van der Waals surface area contributed by atoms with Gasteiger partial charge in [-0.25, -0.2) is 0 Å². The van der Waals surface area contributed by atoms with Gasteiger partial charge in [0, 0.05) is 32.3 Å². The molecule has 1 saturated heterocycles. The molecule has 0 radical (unpaired) electrons. The summed E-state index contributed by atoms with van der Waals surface area (Å²) < 4.78 is 0. The zero-order valence-corrected chi connectivity index (χ0v) is 18.6. The smallest absolute Gasteiger partial charge is 0.246 e. The molecule has 1 aliphatic rings. The topological polar surface area (TPSA) is 23.6 Å². The lowest BCUT2D eigenvalue weighted by molar-refractivity contribution is -0.127. The SMILES string of the molecule is O=C(C=Cc1ccc(Cl)c(Cl)c1)N1CCN(C(c2ccccc2)c2ccccc2)CC1. The maximum atomic E-state index is 12.7. The molecule has 0 atom stereocenters. The molecule has 3 nitrogen and oxygen atoms in total. The number of amides is 1. The van der Waals surface area contributed by atoms with Crippen LogP contribution < -0.4 is 0 Å². The number of hydrogen-bond acceptors (Lipinski definition) is 2. The van der Waals surface area contributed by atoms with Crippen LogP contribution >= 0.6 is 23.2 Å². The van der Waals surface area contributed by atoms with Gasteiger partial charge in [0.1, 0.15) is 0 Å². The Morgan fingerprint density at radius 3 is 1.90 bits per heavy atom. The molecule has 0 aliphatic carbocycles. The van der Waals surface area contributed by atoms with Crippen LogP contribution in [0.4, 0.5) is 0 Å². The molecule has 1 aliphatic heterocycles. The van der Waals surface area contributed by atoms with Crippen LogP contribution in [0.2, 0.25) is 10.0 Å². The van der Waals surface area contributed by atoms with E-state index >= 15 is 0 Å². The van der Waals surface area contributed by atoms with Crippen LogP contribution in [0.5, 0.6) is 0 Å². The van der Waals surface area contributed by atoms with E-state index in [9.17, 15) is 4.79 Å². The number of hydrogen-bond donors (Lipinski definition) is 0. The van der Waals surface area contributed by atoms with Crippen molar-refractivity contribution in [1.29, 1.82) is 0 Å². The van der Waals surface area contributed by atoms with E-state index in [4.69, 9.17) is 23.2 Å². The van der Waals surface area contributed by atoms with Gasteiger partial charge in [0.15, 0.2) is 0 Å². The van der Waals surface area contributed by atoms with Crippen molar-refractivity contribution in [2.75, 3.05) is 26.2 Å². The molecule has 3 aromatic rings. The van der Waals surface area contributed by atoms with E-state index in [0.29, 0.717) is 23.1 Å². The third-order valence-electron chi connectivity index (χ3n) is 5.58. The van der Waals surface area contributed by atoms with Crippen molar-refractivity contribution < 1.29 is 4.79 Å². The van der Waals surface area contributed by atoms with E-state index in [0.717, 1.165) is 18.7 Å². The molecule has 0 N–H and O–H groups in total. The summed E-state index contributed by atoms with van der Waals surface area (Å²) in [5.41, 5.74) is 3.40. The summed E-state index contributed by atoms with van der Waals surface area (Å²) >= 11 is 12.0. The fourth-order valence-electron chi connectivity index (χ4n) is 3.97. The summed E-state index contributed by atoms with van der Waals surface area (Å²) in [6, 6.07) is 26.6. The summed E-state index contributed by atoms with van der Waals surface area (Å²) in [6.45, 7) is 3.03. The van der Waals surface area contributed by atoms with Crippen LogP contribution in [0.3, 0.4) is 0 Å². The van der Waals surface area contributed by atoms with Crippen molar-refractivity contribution in [2.45, 2.75) is 6.04 Å². The first-order valence-electron chi connectivity index (χ1n) is 10.4. The monoisotopic (exact) mass is 450 g/mol. The van der Waals surface area contributed by atoms with Gasteiger partial charge >= 0.3 is 0 Å². The highest BCUT2D eigenvalue weighted by Gasteiger charge is 2.27. The van der Waals surface area contributed by atoms with Crippen LogP contribution in [-0.4, -0.2) is 41.9 Å². The zero-order chi connectivity index (χ0) is 21.6. The lowest BCUT2D eigenvalue weighted by Gasteiger charge is -2.39. The molecule has 0 bridgehead atoms. The molecule has 158 valence electrons. The number of carbonyl (C=O) groups is 1. The van der Waals surface area contributed by atoms with E-state index < -0.39 is 0 Å². The lowest BCUT2D eigenvalue weighted by Crippen LogP contribution is -2.49. The molecule has 3 aromatic carbocycles. The molecule has 0 aromatic heterocycles. The number of carbonyl (C=O) groups excluding carboxylic acids is 1. The average molecular weight is 451 g/mol. The Hall–Kier alpha value is -2.59. The van der Waals surface area contributed by atoms with Gasteiger partial charge in [-0.05, 0) is 34.9 Å². The predicted octanol–water partition coefficient (Wildman–Crippen LogP) is 5.94. The Labute approximate surface area is 193 Å². The standard InChI is InChI=1S/C26H24Cl2N2O/c27-23-13-11-20(19-24(23)28)12-14-25(31)29-15-17-30(18-16-29)26(21-7-3-1-4-8-21)22-9-5-2-6-10-22/h1-14,19,26H,15-18H2. The van der Waals surface area contributed by atoms with Crippen LogP contribution in [0.1, 0.15) is 22.7 Å². The van der Waals surface area contributed by atoms with Crippen molar-refractivity contribution in [2.24, 2.45) is 0 Å². The minimum atomic E-state index is 0.0155. The third-order valence-corrected chi connectivity index (χ3v) is 6.32. The summed E-state index contributed by atoms with van der Waals surface area (Å²) in [6.07, 6.45) is 3.40. The highest BCUT2D eigenvalue weighted by atomic mass is 35.5. The Bertz CT molecular complexity index is 1010. The van der Waals surface area contributed by atoms with E-state index in [2.05, 4.69) is 53.4 Å². The maximum absolute atomic E-state index is 12.7. The number of benzene rings is 3. The normalized spacial score (nSPS) is 15.0. The summed E-state index contributed by atoms with van der Waals surface area (Å²) in [7, 11) is 0. The Morgan fingerprint density at radius 1 is 0.774 bits per heavy atom. The predicted molar refractivity (Wildman–Crippen MR) is 128 cm³/mol. The highest BCUT2D eigenvalue weighted by molar-refractivity contribution is 6.42. The van der Waals surface area contributed by atoms with Crippen molar-refractivity contribution in [3.63, 3.8) is 0 Å². The minimum Gasteiger partial charge on any atom is -0.337 e.